The summed E-state index contributed by atoms with van der Waals surface area (Å²) in [6.07, 6.45) is -0.424. The van der Waals surface area contributed by atoms with E-state index in [1.807, 2.05) is 0 Å². The smallest absolute Gasteiger partial charge is 0.0178 e. The molecule has 5 heteroatoms. The summed E-state index contributed by atoms with van der Waals surface area (Å²) < 4.78 is 11.1. The zero-order valence-electron chi connectivity index (χ0n) is 6.07. The van der Waals surface area contributed by atoms with Gasteiger partial charge >= 0.3 is 0 Å². The van der Waals surface area contributed by atoms with Gasteiger partial charge in [-0.05, 0) is 17.7 Å². The molecule has 0 atom stereocenters. The lowest BCUT2D eigenvalue weighted by molar-refractivity contribution is -0.314. The predicted molar refractivity (Wildman–Crippen MR) is 45.5 cm³/mol. The van der Waals surface area contributed by atoms with Crippen LogP contribution in [0.5, 0.6) is 0 Å². The molecule has 0 bridgehead atoms. The number of hydrogen-bond acceptors (Lipinski definition) is 3. The van der Waals surface area contributed by atoms with Crippen molar-refractivity contribution in [3.8, 4) is 0 Å². The summed E-state index contributed by atoms with van der Waals surface area (Å²) >= 11 is 3.18. The fourth-order valence-corrected chi connectivity index (χ4v) is 1.95. The highest BCUT2D eigenvalue weighted by Crippen LogP contribution is 2.29. The molecule has 0 heterocycles. The zero-order chi connectivity index (χ0) is 9.19. The number of hydrogen-bond donors (Lipinski definition) is 0. The van der Waals surface area contributed by atoms with Crippen LogP contribution in [0.25, 0.3) is 0 Å². The molecule has 0 fully saturated rings. The first-order valence-electron chi connectivity index (χ1n) is 3.23. The second-order valence-electron chi connectivity index (χ2n) is 2.40. The lowest BCUT2D eigenvalue weighted by Gasteiger charge is -2.29. The van der Waals surface area contributed by atoms with Crippen molar-refractivity contribution in [2.24, 2.45) is 0 Å². The van der Waals surface area contributed by atoms with Gasteiger partial charge in [-0.2, -0.15) is 0 Å². The second kappa shape index (κ2) is 3.71. The van der Waals surface area contributed by atoms with Crippen molar-refractivity contribution in [3.05, 3.63) is 34.3 Å². The highest BCUT2D eigenvalue weighted by atomic mass is 79.9. The van der Waals surface area contributed by atoms with Crippen LogP contribution in [0.3, 0.4) is 0 Å². The van der Waals surface area contributed by atoms with Crippen molar-refractivity contribution in [3.63, 3.8) is 0 Å². The minimum Gasteiger partial charge on any atom is -0.810 e. The van der Waals surface area contributed by atoms with Gasteiger partial charge in [-0.25, -0.2) is 0 Å². The van der Waals surface area contributed by atoms with Gasteiger partial charge in [0.05, 0.1) is 0 Å². The first kappa shape index (κ1) is 9.93. The highest BCUT2D eigenvalue weighted by Gasteiger charge is 1.96. The van der Waals surface area contributed by atoms with Gasteiger partial charge in [0.25, 0.3) is 0 Å². The Balaban J connectivity index is 2.84. The van der Waals surface area contributed by atoms with Crippen LogP contribution in [0.2, 0.25) is 0 Å². The summed E-state index contributed by atoms with van der Waals surface area (Å²) in [5.74, 6) is 0. The van der Waals surface area contributed by atoms with Gasteiger partial charge in [0.15, 0.2) is 0 Å². The molecule has 1 rings (SSSR count). The minimum absolute atomic E-state index is 0.424. The van der Waals surface area contributed by atoms with E-state index in [4.69, 9.17) is 0 Å². The van der Waals surface area contributed by atoms with Crippen LogP contribution in [-0.2, 0) is 10.7 Å². The molecule has 0 N–H and O–H groups in total. The third kappa shape index (κ3) is 3.50. The Labute approximate surface area is 78.7 Å². The molecule has 0 radical (unpaired) electrons. The fraction of sp³-hybridized carbons (Fsp3) is 0.143. The lowest BCUT2D eigenvalue weighted by atomic mass is 10.2. The summed E-state index contributed by atoms with van der Waals surface area (Å²) in [7, 11) is -4.43. The molecule has 0 amide bonds. The van der Waals surface area contributed by atoms with Crippen LogP contribution in [0.4, 0.5) is 0 Å². The van der Waals surface area contributed by atoms with E-state index in [-0.39, 0.29) is 0 Å². The number of halogens is 1. The molecule has 0 aliphatic rings. The summed E-state index contributed by atoms with van der Waals surface area (Å²) in [6.45, 7) is 0. The Hall–Kier alpha value is -0.150. The molecule has 0 aliphatic heterocycles. The topological polar surface area (TPSA) is 63.2 Å². The molecule has 0 spiro atoms. The van der Waals surface area contributed by atoms with Gasteiger partial charge < -0.3 is 14.4 Å². The van der Waals surface area contributed by atoms with Crippen LogP contribution < -0.4 is 9.79 Å². The maximum atomic E-state index is 10.4. The van der Waals surface area contributed by atoms with Crippen molar-refractivity contribution in [1.82, 2.24) is 0 Å². The van der Waals surface area contributed by atoms with E-state index < -0.39 is 13.8 Å². The van der Waals surface area contributed by atoms with Gasteiger partial charge in [0.1, 0.15) is 0 Å². The highest BCUT2D eigenvalue weighted by molar-refractivity contribution is 9.10. The molecule has 66 valence electrons. The fourth-order valence-electron chi connectivity index (χ4n) is 0.859. The van der Waals surface area contributed by atoms with E-state index >= 15 is 0 Å². The summed E-state index contributed by atoms with van der Waals surface area (Å²) in [5.41, 5.74) is 0.512. The first-order valence-corrected chi connectivity index (χ1v) is 5.75. The van der Waals surface area contributed by atoms with Gasteiger partial charge in [-0.1, -0.05) is 35.7 Å². The Bertz CT molecular complexity index is 320. The van der Waals surface area contributed by atoms with Crippen molar-refractivity contribution in [1.29, 1.82) is 0 Å². The van der Waals surface area contributed by atoms with Crippen molar-refractivity contribution in [2.45, 2.75) is 6.16 Å². The standard InChI is InChI=1S/C7H8BrO3P/c8-7-3-1-2-6(4-7)5-12(9,10)11/h1-4H,5H2,(H2,9,10,11)/p-2. The Morgan fingerprint density at radius 1 is 1.42 bits per heavy atom. The quantitative estimate of drug-likeness (QED) is 0.730. The molecule has 0 saturated heterocycles. The van der Waals surface area contributed by atoms with Crippen LogP contribution in [0, 0.1) is 0 Å². The monoisotopic (exact) mass is 248 g/mol. The second-order valence-corrected chi connectivity index (χ2v) is 4.85. The Morgan fingerprint density at radius 3 is 2.58 bits per heavy atom. The first-order chi connectivity index (χ1) is 5.47. The van der Waals surface area contributed by atoms with Gasteiger partial charge in [-0.15, -0.1) is 0 Å². The minimum atomic E-state index is -4.43. The molecule has 1 aromatic carbocycles. The van der Waals surface area contributed by atoms with Gasteiger partial charge in [0.2, 0.25) is 0 Å². The summed E-state index contributed by atoms with van der Waals surface area (Å²) in [4.78, 5) is 20.7. The van der Waals surface area contributed by atoms with E-state index in [0.29, 0.717) is 5.56 Å². The van der Waals surface area contributed by atoms with Crippen LogP contribution in [-0.4, -0.2) is 0 Å². The third-order valence-electron chi connectivity index (χ3n) is 1.27. The van der Waals surface area contributed by atoms with E-state index in [1.165, 1.54) is 0 Å². The lowest BCUT2D eigenvalue weighted by Crippen LogP contribution is -2.15. The normalized spacial score (nSPS) is 11.6. The number of benzene rings is 1. The molecule has 0 unspecified atom stereocenters. The Morgan fingerprint density at radius 2 is 2.08 bits per heavy atom. The van der Waals surface area contributed by atoms with E-state index in [0.717, 1.165) is 4.47 Å². The van der Waals surface area contributed by atoms with Gasteiger partial charge in [-0.3, -0.25) is 0 Å². The maximum Gasteiger partial charge on any atom is 0.0178 e. The number of rotatable bonds is 2. The zero-order valence-corrected chi connectivity index (χ0v) is 8.55. The maximum absolute atomic E-state index is 10.4. The van der Waals surface area contributed by atoms with Crippen molar-refractivity contribution in [2.75, 3.05) is 0 Å². The molecule has 1 aromatic rings. The summed E-state index contributed by atoms with van der Waals surface area (Å²) in [5, 5.41) is 0. The van der Waals surface area contributed by atoms with Crippen LogP contribution in [0.1, 0.15) is 5.56 Å². The predicted octanol–water partition coefficient (Wildman–Crippen LogP) is 0.863. The SMILES string of the molecule is O=P([O-])([O-])Cc1cccc(Br)c1. The van der Waals surface area contributed by atoms with Gasteiger partial charge in [0, 0.05) is 10.6 Å². The molecule has 0 aromatic heterocycles. The average molecular weight is 249 g/mol. The van der Waals surface area contributed by atoms with E-state index in [9.17, 15) is 14.4 Å². The Kier molecular flexibility index (Phi) is 3.07. The van der Waals surface area contributed by atoms with Crippen LogP contribution >= 0.6 is 23.5 Å². The largest absolute Gasteiger partial charge is 0.810 e. The third-order valence-corrected chi connectivity index (χ3v) is 2.51. The average Bonchev–Trinajstić information content (AvgIpc) is 1.82. The molecule has 0 aliphatic carbocycles. The molecule has 3 nitrogen and oxygen atoms in total. The molecular weight excluding hydrogens is 243 g/mol. The van der Waals surface area contributed by atoms with E-state index in [2.05, 4.69) is 15.9 Å². The van der Waals surface area contributed by atoms with Crippen molar-refractivity contribution >= 4 is 23.5 Å². The molecule has 12 heavy (non-hydrogen) atoms. The summed E-state index contributed by atoms with van der Waals surface area (Å²) in [6, 6.07) is 6.68. The van der Waals surface area contributed by atoms with Crippen molar-refractivity contribution < 1.29 is 14.4 Å². The van der Waals surface area contributed by atoms with Crippen LogP contribution in [0.15, 0.2) is 28.7 Å². The molecule has 0 saturated carbocycles. The van der Waals surface area contributed by atoms with E-state index in [1.54, 1.807) is 24.3 Å². The molecular formula is C7H6BrO3P-2.